The Morgan fingerprint density at radius 1 is 1.00 bits per heavy atom. The number of unbranched alkanes of at least 4 members (excludes halogenated alkanes) is 2. The van der Waals surface area contributed by atoms with Crippen molar-refractivity contribution in [3.05, 3.63) is 47.0 Å². The summed E-state index contributed by atoms with van der Waals surface area (Å²) in [5, 5.41) is 38.3. The summed E-state index contributed by atoms with van der Waals surface area (Å²) >= 11 is 0. The van der Waals surface area contributed by atoms with Crippen LogP contribution in [0.4, 0.5) is 0 Å². The summed E-state index contributed by atoms with van der Waals surface area (Å²) in [6.07, 6.45) is 2.99. The summed E-state index contributed by atoms with van der Waals surface area (Å²) in [4.78, 5) is 23.6. The van der Waals surface area contributed by atoms with Crippen LogP contribution in [0.3, 0.4) is 0 Å². The third kappa shape index (κ3) is 4.44. The largest absolute Gasteiger partial charge is 0.508 e. The summed E-state index contributed by atoms with van der Waals surface area (Å²) in [7, 11) is 0. The van der Waals surface area contributed by atoms with Crippen molar-refractivity contribution in [2.45, 2.75) is 32.6 Å². The minimum Gasteiger partial charge on any atom is -0.508 e. The van der Waals surface area contributed by atoms with Gasteiger partial charge >= 0.3 is 11.9 Å². The van der Waals surface area contributed by atoms with Gasteiger partial charge in [-0.1, -0.05) is 19.8 Å². The van der Waals surface area contributed by atoms with E-state index in [1.54, 1.807) is 0 Å². The lowest BCUT2D eigenvalue weighted by Gasteiger charge is -2.12. The van der Waals surface area contributed by atoms with Gasteiger partial charge in [0.15, 0.2) is 0 Å². The van der Waals surface area contributed by atoms with Crippen LogP contribution in [0, 0.1) is 0 Å². The number of hydrogen-bond donors (Lipinski definition) is 4. The van der Waals surface area contributed by atoms with E-state index < -0.39 is 23.4 Å². The zero-order valence-corrected chi connectivity index (χ0v) is 14.2. The lowest BCUT2D eigenvalue weighted by molar-refractivity contribution is 0.0692. The Balaban J connectivity index is 2.31. The molecule has 0 saturated heterocycles. The Hall–Kier alpha value is -3.22. The fourth-order valence-corrected chi connectivity index (χ4v) is 2.58. The van der Waals surface area contributed by atoms with E-state index in [0.717, 1.165) is 31.4 Å². The molecule has 0 aliphatic carbocycles. The van der Waals surface area contributed by atoms with Crippen molar-refractivity contribution in [2.24, 2.45) is 0 Å². The van der Waals surface area contributed by atoms with E-state index in [9.17, 15) is 30.0 Å². The first kappa shape index (κ1) is 19.1. The molecule has 7 nitrogen and oxygen atoms in total. The van der Waals surface area contributed by atoms with Crippen molar-refractivity contribution < 1.29 is 34.8 Å². The van der Waals surface area contributed by atoms with Gasteiger partial charge in [-0.25, -0.2) is 9.59 Å². The third-order valence-electron chi connectivity index (χ3n) is 3.85. The molecule has 0 saturated carbocycles. The molecule has 0 atom stereocenters. The van der Waals surface area contributed by atoms with Gasteiger partial charge in [-0.05, 0) is 36.6 Å². The van der Waals surface area contributed by atoms with E-state index in [2.05, 4.69) is 0 Å². The third-order valence-corrected chi connectivity index (χ3v) is 3.85. The second kappa shape index (κ2) is 8.24. The van der Waals surface area contributed by atoms with Crippen molar-refractivity contribution in [2.75, 3.05) is 0 Å². The fraction of sp³-hybridized carbons (Fsp3) is 0.263. The van der Waals surface area contributed by atoms with Crippen molar-refractivity contribution >= 4 is 11.9 Å². The molecule has 26 heavy (non-hydrogen) atoms. The Morgan fingerprint density at radius 3 is 2.35 bits per heavy atom. The van der Waals surface area contributed by atoms with Crippen molar-refractivity contribution in [3.8, 4) is 23.0 Å². The van der Waals surface area contributed by atoms with Gasteiger partial charge in [0.2, 0.25) is 0 Å². The van der Waals surface area contributed by atoms with Crippen LogP contribution in [0.15, 0.2) is 30.3 Å². The minimum absolute atomic E-state index is 0.0310. The van der Waals surface area contributed by atoms with E-state index in [1.807, 2.05) is 6.92 Å². The fourth-order valence-electron chi connectivity index (χ4n) is 2.58. The predicted octanol–water partition coefficient (Wildman–Crippen LogP) is 3.45. The Morgan fingerprint density at radius 2 is 1.73 bits per heavy atom. The first-order valence-electron chi connectivity index (χ1n) is 8.16. The number of hydrogen-bond acceptors (Lipinski definition) is 6. The summed E-state index contributed by atoms with van der Waals surface area (Å²) in [5.74, 6) is -3.35. The van der Waals surface area contributed by atoms with Gasteiger partial charge in [-0.3, -0.25) is 0 Å². The maximum absolute atomic E-state index is 12.2. The van der Waals surface area contributed by atoms with Gasteiger partial charge in [0.05, 0.1) is 0 Å². The number of phenolic OH excluding ortho intramolecular Hbond substituents is 2. The second-order valence-corrected chi connectivity index (χ2v) is 5.83. The van der Waals surface area contributed by atoms with E-state index in [0.29, 0.717) is 12.0 Å². The SMILES string of the molecule is CCCCCc1cc(OC(=O)c2ccc(O)cc2O)cc(O)c1C(=O)O. The molecule has 0 aliphatic heterocycles. The molecular formula is C19H20O7. The average molecular weight is 360 g/mol. The lowest BCUT2D eigenvalue weighted by Crippen LogP contribution is -2.10. The number of ether oxygens (including phenoxy) is 1. The quantitative estimate of drug-likeness (QED) is 0.338. The molecule has 0 aliphatic rings. The van der Waals surface area contributed by atoms with Crippen molar-refractivity contribution in [1.82, 2.24) is 0 Å². The number of benzene rings is 2. The van der Waals surface area contributed by atoms with Crippen LogP contribution >= 0.6 is 0 Å². The number of aromatic hydroxyl groups is 3. The van der Waals surface area contributed by atoms with E-state index in [-0.39, 0.29) is 22.6 Å². The minimum atomic E-state index is -1.26. The molecule has 0 bridgehead atoms. The van der Waals surface area contributed by atoms with Crippen LogP contribution in [-0.2, 0) is 6.42 Å². The van der Waals surface area contributed by atoms with Crippen LogP contribution in [0.1, 0.15) is 52.5 Å². The van der Waals surface area contributed by atoms with E-state index >= 15 is 0 Å². The molecule has 2 aromatic carbocycles. The first-order valence-corrected chi connectivity index (χ1v) is 8.16. The Labute approximate surface area is 150 Å². The highest BCUT2D eigenvalue weighted by Crippen LogP contribution is 2.31. The highest BCUT2D eigenvalue weighted by molar-refractivity contribution is 5.95. The van der Waals surface area contributed by atoms with Crippen LogP contribution in [0.5, 0.6) is 23.0 Å². The molecule has 0 amide bonds. The average Bonchev–Trinajstić information content (AvgIpc) is 2.54. The summed E-state index contributed by atoms with van der Waals surface area (Å²) in [6, 6.07) is 5.85. The zero-order chi connectivity index (χ0) is 19.3. The van der Waals surface area contributed by atoms with Crippen LogP contribution in [-0.4, -0.2) is 32.4 Å². The molecule has 0 spiro atoms. The van der Waals surface area contributed by atoms with Crippen molar-refractivity contribution in [3.63, 3.8) is 0 Å². The Bertz CT molecular complexity index is 827. The number of esters is 1. The molecule has 0 unspecified atom stereocenters. The molecular weight excluding hydrogens is 340 g/mol. The molecule has 138 valence electrons. The smallest absolute Gasteiger partial charge is 0.347 e. The standard InChI is InChI=1S/C19H20O7/c1-2-3-4-5-11-8-13(10-16(22)17(11)18(23)24)26-19(25)14-7-6-12(20)9-15(14)21/h6-10,20-22H,2-5H2,1H3,(H,23,24). The van der Waals surface area contributed by atoms with Crippen LogP contribution < -0.4 is 4.74 Å². The zero-order valence-electron chi connectivity index (χ0n) is 14.2. The molecule has 2 aromatic rings. The van der Waals surface area contributed by atoms with Crippen molar-refractivity contribution in [1.29, 1.82) is 0 Å². The van der Waals surface area contributed by atoms with Crippen LogP contribution in [0.2, 0.25) is 0 Å². The number of aryl methyl sites for hydroxylation is 1. The number of rotatable bonds is 7. The molecule has 0 aromatic heterocycles. The number of carbonyl (C=O) groups excluding carboxylic acids is 1. The first-order chi connectivity index (χ1) is 12.3. The maximum atomic E-state index is 12.2. The van der Waals surface area contributed by atoms with Gasteiger partial charge < -0.3 is 25.2 Å². The van der Waals surface area contributed by atoms with E-state index in [4.69, 9.17) is 4.74 Å². The number of carboxylic acids is 1. The summed E-state index contributed by atoms with van der Waals surface area (Å²) in [5.41, 5.74) is -0.0193. The second-order valence-electron chi connectivity index (χ2n) is 5.83. The molecule has 0 radical (unpaired) electrons. The summed E-state index contributed by atoms with van der Waals surface area (Å²) < 4.78 is 5.15. The monoisotopic (exact) mass is 360 g/mol. The highest BCUT2D eigenvalue weighted by Gasteiger charge is 2.20. The number of carbonyl (C=O) groups is 2. The molecule has 0 fully saturated rings. The topological polar surface area (TPSA) is 124 Å². The predicted molar refractivity (Wildman–Crippen MR) is 93.0 cm³/mol. The van der Waals surface area contributed by atoms with Gasteiger partial charge in [0, 0.05) is 12.1 Å². The number of aromatic carboxylic acids is 1. The van der Waals surface area contributed by atoms with Crippen LogP contribution in [0.25, 0.3) is 0 Å². The summed E-state index contributed by atoms with van der Waals surface area (Å²) in [6.45, 7) is 2.01. The Kier molecular flexibility index (Phi) is 6.06. The number of phenols is 3. The normalized spacial score (nSPS) is 10.5. The van der Waals surface area contributed by atoms with Gasteiger partial charge in [-0.2, -0.15) is 0 Å². The molecule has 7 heteroatoms. The molecule has 0 heterocycles. The molecule has 2 rings (SSSR count). The maximum Gasteiger partial charge on any atom is 0.347 e. The van der Waals surface area contributed by atoms with Gasteiger partial charge in [0.25, 0.3) is 0 Å². The van der Waals surface area contributed by atoms with E-state index in [1.165, 1.54) is 18.2 Å². The lowest BCUT2D eigenvalue weighted by atomic mass is 10.00. The van der Waals surface area contributed by atoms with Gasteiger partial charge in [0.1, 0.15) is 34.1 Å². The number of carboxylic acid groups (broad SMARTS) is 1. The van der Waals surface area contributed by atoms with Gasteiger partial charge in [-0.15, -0.1) is 0 Å². The highest BCUT2D eigenvalue weighted by atomic mass is 16.5. The molecule has 4 N–H and O–H groups in total.